The summed E-state index contributed by atoms with van der Waals surface area (Å²) in [6.45, 7) is 2.44. The molecule has 72 valence electrons. The third kappa shape index (κ3) is 1.52. The van der Waals surface area contributed by atoms with Crippen LogP contribution in [0.5, 0.6) is 0 Å². The van der Waals surface area contributed by atoms with Crippen LogP contribution in [0.15, 0.2) is 30.6 Å². The second kappa shape index (κ2) is 3.59. The molecule has 0 atom stereocenters. The van der Waals surface area contributed by atoms with Crippen LogP contribution in [0.4, 0.5) is 0 Å². The molecule has 0 aliphatic carbocycles. The van der Waals surface area contributed by atoms with Gasteiger partial charge in [-0.3, -0.25) is 0 Å². The highest BCUT2D eigenvalue weighted by Gasteiger charge is 2.03. The van der Waals surface area contributed by atoms with E-state index < -0.39 is 0 Å². The molecule has 2 rings (SSSR count). The van der Waals surface area contributed by atoms with Gasteiger partial charge in [0.15, 0.2) is 0 Å². The highest BCUT2D eigenvalue weighted by atomic mass is 15.3. The number of aryl methyl sites for hydroxylation is 1. The van der Waals surface area contributed by atoms with Gasteiger partial charge in [-0.25, -0.2) is 9.67 Å². The molecule has 0 fully saturated rings. The first-order valence-electron chi connectivity index (χ1n) is 4.47. The molecule has 0 saturated carbocycles. The molecule has 1 aromatic heterocycles. The highest BCUT2D eigenvalue weighted by molar-refractivity contribution is 5.34. The molecular formula is C10H12N4. The van der Waals surface area contributed by atoms with Crippen molar-refractivity contribution < 1.29 is 0 Å². The van der Waals surface area contributed by atoms with Crippen molar-refractivity contribution in [2.45, 2.75) is 13.5 Å². The first-order valence-corrected chi connectivity index (χ1v) is 4.47. The smallest absolute Gasteiger partial charge is 0.145 e. The molecule has 4 heteroatoms. The lowest BCUT2D eigenvalue weighted by Crippen LogP contribution is -2.07. The molecule has 4 nitrogen and oxygen atoms in total. The normalized spacial score (nSPS) is 10.4. The van der Waals surface area contributed by atoms with Gasteiger partial charge in [0.2, 0.25) is 0 Å². The number of hydrogen-bond donors (Lipinski definition) is 1. The second-order valence-electron chi connectivity index (χ2n) is 3.13. The van der Waals surface area contributed by atoms with E-state index in [1.165, 1.54) is 11.9 Å². The van der Waals surface area contributed by atoms with E-state index in [9.17, 15) is 0 Å². The molecule has 1 heterocycles. The summed E-state index contributed by atoms with van der Waals surface area (Å²) in [7, 11) is 0. The van der Waals surface area contributed by atoms with E-state index in [1.54, 1.807) is 4.68 Å². The third-order valence-electron chi connectivity index (χ3n) is 2.05. The Morgan fingerprint density at radius 3 is 3.00 bits per heavy atom. The van der Waals surface area contributed by atoms with Crippen LogP contribution in [-0.2, 0) is 6.54 Å². The SMILES string of the molecule is Cc1cccc(-n2ncnc2CN)c1. The summed E-state index contributed by atoms with van der Waals surface area (Å²) in [6, 6.07) is 8.07. The fourth-order valence-electron chi connectivity index (χ4n) is 1.38. The van der Waals surface area contributed by atoms with Gasteiger partial charge in [-0.05, 0) is 24.6 Å². The summed E-state index contributed by atoms with van der Waals surface area (Å²) in [5.41, 5.74) is 7.75. The third-order valence-corrected chi connectivity index (χ3v) is 2.05. The zero-order valence-electron chi connectivity index (χ0n) is 8.01. The average molecular weight is 188 g/mol. The summed E-state index contributed by atoms with van der Waals surface area (Å²) < 4.78 is 1.76. The zero-order valence-corrected chi connectivity index (χ0v) is 8.01. The Labute approximate surface area is 82.4 Å². The Balaban J connectivity index is 2.49. The topological polar surface area (TPSA) is 56.7 Å². The molecule has 0 aliphatic heterocycles. The van der Waals surface area contributed by atoms with E-state index in [0.717, 1.165) is 11.5 Å². The van der Waals surface area contributed by atoms with Crippen LogP contribution >= 0.6 is 0 Å². The maximum atomic E-state index is 5.55. The van der Waals surface area contributed by atoms with Crippen LogP contribution in [-0.4, -0.2) is 14.8 Å². The molecule has 0 saturated heterocycles. The lowest BCUT2D eigenvalue weighted by atomic mass is 10.2. The summed E-state index contributed by atoms with van der Waals surface area (Å²) in [6.07, 6.45) is 1.52. The zero-order chi connectivity index (χ0) is 9.97. The fourth-order valence-corrected chi connectivity index (χ4v) is 1.38. The lowest BCUT2D eigenvalue weighted by molar-refractivity contribution is 0.789. The van der Waals surface area contributed by atoms with Gasteiger partial charge in [-0.1, -0.05) is 12.1 Å². The Bertz CT molecular complexity index is 433. The van der Waals surface area contributed by atoms with Crippen molar-refractivity contribution in [3.63, 3.8) is 0 Å². The standard InChI is InChI=1S/C10H12N4/c1-8-3-2-4-9(5-8)14-10(6-11)12-7-13-14/h2-5,7H,6,11H2,1H3. The fraction of sp³-hybridized carbons (Fsp3) is 0.200. The number of benzene rings is 1. The summed E-state index contributed by atoms with van der Waals surface area (Å²) in [5, 5.41) is 4.12. The Hall–Kier alpha value is -1.68. The van der Waals surface area contributed by atoms with Crippen LogP contribution in [0.1, 0.15) is 11.4 Å². The lowest BCUT2D eigenvalue weighted by Gasteiger charge is -2.04. The molecule has 0 aliphatic rings. The van der Waals surface area contributed by atoms with Crippen molar-refractivity contribution in [2.75, 3.05) is 0 Å². The van der Waals surface area contributed by atoms with E-state index in [1.807, 2.05) is 31.2 Å². The van der Waals surface area contributed by atoms with Gasteiger partial charge in [0, 0.05) is 0 Å². The number of nitrogens with two attached hydrogens (primary N) is 1. The van der Waals surface area contributed by atoms with Gasteiger partial charge < -0.3 is 5.73 Å². The molecule has 1 aromatic carbocycles. The van der Waals surface area contributed by atoms with Crippen LogP contribution in [0.3, 0.4) is 0 Å². The van der Waals surface area contributed by atoms with Gasteiger partial charge >= 0.3 is 0 Å². The summed E-state index contributed by atoms with van der Waals surface area (Å²) in [4.78, 5) is 4.07. The van der Waals surface area contributed by atoms with Crippen molar-refractivity contribution >= 4 is 0 Å². The van der Waals surface area contributed by atoms with E-state index in [-0.39, 0.29) is 0 Å². The molecular weight excluding hydrogens is 176 g/mol. The maximum Gasteiger partial charge on any atom is 0.145 e. The van der Waals surface area contributed by atoms with E-state index >= 15 is 0 Å². The van der Waals surface area contributed by atoms with Gasteiger partial charge in [0.1, 0.15) is 12.2 Å². The van der Waals surface area contributed by atoms with Crippen LogP contribution in [0.2, 0.25) is 0 Å². The van der Waals surface area contributed by atoms with Crippen molar-refractivity contribution in [1.29, 1.82) is 0 Å². The van der Waals surface area contributed by atoms with Gasteiger partial charge in [0.25, 0.3) is 0 Å². The van der Waals surface area contributed by atoms with Crippen LogP contribution < -0.4 is 5.73 Å². The number of hydrogen-bond acceptors (Lipinski definition) is 3. The number of aromatic nitrogens is 3. The minimum atomic E-state index is 0.397. The molecule has 2 N–H and O–H groups in total. The first kappa shape index (κ1) is 8.90. The monoisotopic (exact) mass is 188 g/mol. The quantitative estimate of drug-likeness (QED) is 0.766. The predicted octanol–water partition coefficient (Wildman–Crippen LogP) is 1.03. The second-order valence-corrected chi connectivity index (χ2v) is 3.13. The minimum absolute atomic E-state index is 0.397. The van der Waals surface area contributed by atoms with Crippen molar-refractivity contribution in [1.82, 2.24) is 14.8 Å². The summed E-state index contributed by atoms with van der Waals surface area (Å²) >= 11 is 0. The van der Waals surface area contributed by atoms with Crippen molar-refractivity contribution in [3.8, 4) is 5.69 Å². The van der Waals surface area contributed by atoms with Crippen molar-refractivity contribution in [3.05, 3.63) is 42.0 Å². The number of rotatable bonds is 2. The largest absolute Gasteiger partial charge is 0.324 e. The molecule has 0 spiro atoms. The predicted molar refractivity (Wildman–Crippen MR) is 54.0 cm³/mol. The van der Waals surface area contributed by atoms with Crippen LogP contribution in [0, 0.1) is 6.92 Å². The van der Waals surface area contributed by atoms with E-state index in [0.29, 0.717) is 6.54 Å². The maximum absolute atomic E-state index is 5.55. The van der Waals surface area contributed by atoms with Crippen LogP contribution in [0.25, 0.3) is 5.69 Å². The van der Waals surface area contributed by atoms with E-state index in [2.05, 4.69) is 10.1 Å². The molecule has 0 unspecified atom stereocenters. The van der Waals surface area contributed by atoms with Crippen molar-refractivity contribution in [2.24, 2.45) is 5.73 Å². The highest BCUT2D eigenvalue weighted by Crippen LogP contribution is 2.09. The van der Waals surface area contributed by atoms with E-state index in [4.69, 9.17) is 5.73 Å². The van der Waals surface area contributed by atoms with Gasteiger partial charge in [-0.2, -0.15) is 5.10 Å². The number of nitrogens with zero attached hydrogens (tertiary/aromatic N) is 3. The Morgan fingerprint density at radius 1 is 1.43 bits per heavy atom. The molecule has 0 bridgehead atoms. The van der Waals surface area contributed by atoms with Gasteiger partial charge in [0.05, 0.1) is 12.2 Å². The molecule has 0 radical (unpaired) electrons. The molecule has 2 aromatic rings. The Kier molecular flexibility index (Phi) is 2.28. The summed E-state index contributed by atoms with van der Waals surface area (Å²) in [5.74, 6) is 0.774. The minimum Gasteiger partial charge on any atom is -0.324 e. The molecule has 14 heavy (non-hydrogen) atoms. The first-order chi connectivity index (χ1) is 6.81. The Morgan fingerprint density at radius 2 is 2.29 bits per heavy atom. The average Bonchev–Trinajstić information content (AvgIpc) is 2.65. The van der Waals surface area contributed by atoms with Gasteiger partial charge in [-0.15, -0.1) is 0 Å². The molecule has 0 amide bonds.